The van der Waals surface area contributed by atoms with E-state index in [-0.39, 0.29) is 22.6 Å². The summed E-state index contributed by atoms with van der Waals surface area (Å²) < 4.78 is 0. The Hall–Kier alpha value is -0.920. The summed E-state index contributed by atoms with van der Waals surface area (Å²) in [5, 5.41) is 0. The Kier molecular flexibility index (Phi) is 3.17. The molecule has 1 aliphatic rings. The maximum Gasteiger partial charge on any atom is 0.166 e. The quantitative estimate of drug-likeness (QED) is 0.516. The second kappa shape index (κ2) is 3.92. The Morgan fingerprint density at radius 2 is 1.33 bits per heavy atom. The third kappa shape index (κ3) is 1.90. The lowest BCUT2D eigenvalue weighted by Crippen LogP contribution is -2.42. The Balaban J connectivity index is 3.08. The first-order chi connectivity index (χ1) is 6.81. The van der Waals surface area contributed by atoms with Crippen LogP contribution < -0.4 is 0 Å². The molecule has 0 saturated heterocycles. The van der Waals surface area contributed by atoms with Crippen molar-refractivity contribution in [3.05, 3.63) is 12.2 Å². The minimum Gasteiger partial charge on any atom is -0.294 e. The molecule has 0 aromatic carbocycles. The van der Waals surface area contributed by atoms with Crippen molar-refractivity contribution in [2.24, 2.45) is 17.3 Å². The van der Waals surface area contributed by atoms with Crippen molar-refractivity contribution in [1.82, 2.24) is 0 Å². The number of hydrogen-bond acceptors (Lipinski definition) is 2. The topological polar surface area (TPSA) is 34.1 Å². The molecule has 0 N–H and O–H groups in total. The van der Waals surface area contributed by atoms with Gasteiger partial charge in [-0.1, -0.05) is 34.3 Å². The van der Waals surface area contributed by atoms with Crippen LogP contribution in [0.3, 0.4) is 0 Å². The molecule has 0 heterocycles. The predicted molar refractivity (Wildman–Crippen MR) is 60.5 cm³/mol. The second-order valence-corrected chi connectivity index (χ2v) is 5.22. The lowest BCUT2D eigenvalue weighted by Gasteiger charge is -2.43. The SMILES string of the molecule is C=C1C(=O)CC(C(C)C)(C(C)C)CC1=O. The van der Waals surface area contributed by atoms with Gasteiger partial charge in [-0.25, -0.2) is 0 Å². The van der Waals surface area contributed by atoms with Crippen molar-refractivity contribution in [2.45, 2.75) is 40.5 Å². The van der Waals surface area contributed by atoms with Crippen LogP contribution in [0.15, 0.2) is 12.2 Å². The summed E-state index contributed by atoms with van der Waals surface area (Å²) in [7, 11) is 0. The summed E-state index contributed by atoms with van der Waals surface area (Å²) in [5.74, 6) is 0.569. The summed E-state index contributed by atoms with van der Waals surface area (Å²) in [6.07, 6.45) is 0.958. The number of rotatable bonds is 2. The highest BCUT2D eigenvalue weighted by Gasteiger charge is 2.45. The normalized spacial score (nSPS) is 21.6. The van der Waals surface area contributed by atoms with Gasteiger partial charge in [0.1, 0.15) is 0 Å². The molecule has 0 spiro atoms. The molecular formula is C13H20O2. The molecule has 1 saturated carbocycles. The van der Waals surface area contributed by atoms with Gasteiger partial charge in [-0.3, -0.25) is 9.59 Å². The number of carbonyl (C=O) groups excluding carboxylic acids is 2. The third-order valence-electron chi connectivity index (χ3n) is 3.95. The molecular weight excluding hydrogens is 188 g/mol. The van der Waals surface area contributed by atoms with Crippen molar-refractivity contribution in [1.29, 1.82) is 0 Å². The van der Waals surface area contributed by atoms with E-state index in [1.807, 2.05) is 0 Å². The number of Topliss-reactive ketones (excluding diaryl/α,β-unsaturated/α-hetero) is 2. The fourth-order valence-electron chi connectivity index (χ4n) is 2.51. The van der Waals surface area contributed by atoms with Crippen LogP contribution >= 0.6 is 0 Å². The van der Waals surface area contributed by atoms with E-state index in [9.17, 15) is 9.59 Å². The molecule has 15 heavy (non-hydrogen) atoms. The Morgan fingerprint density at radius 1 is 1.00 bits per heavy atom. The van der Waals surface area contributed by atoms with E-state index in [1.54, 1.807) is 0 Å². The van der Waals surface area contributed by atoms with Gasteiger partial charge in [-0.15, -0.1) is 0 Å². The lowest BCUT2D eigenvalue weighted by atomic mass is 9.59. The van der Waals surface area contributed by atoms with Crippen molar-refractivity contribution in [2.75, 3.05) is 0 Å². The minimum absolute atomic E-state index is 0.0614. The Bertz CT molecular complexity index is 280. The summed E-state index contributed by atoms with van der Waals surface area (Å²) >= 11 is 0. The van der Waals surface area contributed by atoms with Crippen LogP contribution in [0.4, 0.5) is 0 Å². The maximum absolute atomic E-state index is 11.7. The van der Waals surface area contributed by atoms with E-state index in [1.165, 1.54) is 0 Å². The summed E-state index contributed by atoms with van der Waals surface area (Å²) in [4.78, 5) is 23.4. The van der Waals surface area contributed by atoms with Gasteiger partial charge in [-0.05, 0) is 17.3 Å². The van der Waals surface area contributed by atoms with E-state index in [0.717, 1.165) is 0 Å². The van der Waals surface area contributed by atoms with Crippen molar-refractivity contribution in [3.8, 4) is 0 Å². The number of carbonyl (C=O) groups is 2. The van der Waals surface area contributed by atoms with Gasteiger partial charge in [0.05, 0.1) is 5.57 Å². The molecule has 1 fully saturated rings. The van der Waals surface area contributed by atoms with Crippen LogP contribution in [0.2, 0.25) is 0 Å². The predicted octanol–water partition coefficient (Wildman–Crippen LogP) is 2.77. The zero-order valence-corrected chi connectivity index (χ0v) is 10.1. The first-order valence-corrected chi connectivity index (χ1v) is 5.56. The van der Waals surface area contributed by atoms with Crippen LogP contribution in [-0.2, 0) is 9.59 Å². The molecule has 0 atom stereocenters. The minimum atomic E-state index is -0.157. The zero-order chi connectivity index (χ0) is 11.8. The number of allylic oxidation sites excluding steroid dienone is 1. The molecule has 0 bridgehead atoms. The standard InChI is InChI=1S/C13H20O2/c1-8(2)13(9(3)4)6-11(14)10(5)12(15)7-13/h8-9H,5-7H2,1-4H3. The highest BCUT2D eigenvalue weighted by atomic mass is 16.1. The fourth-order valence-corrected chi connectivity index (χ4v) is 2.51. The molecule has 0 aromatic heterocycles. The van der Waals surface area contributed by atoms with Crippen LogP contribution in [0.25, 0.3) is 0 Å². The van der Waals surface area contributed by atoms with Gasteiger partial charge in [0.2, 0.25) is 0 Å². The van der Waals surface area contributed by atoms with E-state index < -0.39 is 0 Å². The molecule has 0 aliphatic heterocycles. The second-order valence-electron chi connectivity index (χ2n) is 5.22. The number of hydrogen-bond donors (Lipinski definition) is 0. The number of ketones is 2. The molecule has 0 aromatic rings. The first-order valence-electron chi connectivity index (χ1n) is 5.56. The fraction of sp³-hybridized carbons (Fsp3) is 0.692. The van der Waals surface area contributed by atoms with Crippen molar-refractivity contribution < 1.29 is 9.59 Å². The Labute approximate surface area is 91.7 Å². The maximum atomic E-state index is 11.7. The molecule has 2 heteroatoms. The molecule has 0 radical (unpaired) electrons. The molecule has 1 aliphatic carbocycles. The Morgan fingerprint density at radius 3 is 1.60 bits per heavy atom. The van der Waals surface area contributed by atoms with E-state index in [2.05, 4.69) is 34.3 Å². The highest BCUT2D eigenvalue weighted by molar-refractivity contribution is 6.21. The average Bonchev–Trinajstić information content (AvgIpc) is 2.12. The average molecular weight is 208 g/mol. The van der Waals surface area contributed by atoms with Crippen LogP contribution in [0.1, 0.15) is 40.5 Å². The highest BCUT2D eigenvalue weighted by Crippen LogP contribution is 2.46. The van der Waals surface area contributed by atoms with Gasteiger partial charge in [-0.2, -0.15) is 0 Å². The van der Waals surface area contributed by atoms with Crippen molar-refractivity contribution in [3.63, 3.8) is 0 Å². The van der Waals surface area contributed by atoms with Gasteiger partial charge < -0.3 is 0 Å². The van der Waals surface area contributed by atoms with Gasteiger partial charge in [0.25, 0.3) is 0 Å². The zero-order valence-electron chi connectivity index (χ0n) is 10.1. The molecule has 84 valence electrons. The molecule has 1 rings (SSSR count). The monoisotopic (exact) mass is 208 g/mol. The van der Waals surface area contributed by atoms with Gasteiger partial charge in [0, 0.05) is 12.8 Å². The lowest BCUT2D eigenvalue weighted by molar-refractivity contribution is -0.131. The summed E-state index contributed by atoms with van der Waals surface area (Å²) in [6.45, 7) is 11.9. The van der Waals surface area contributed by atoms with Crippen LogP contribution in [0.5, 0.6) is 0 Å². The van der Waals surface area contributed by atoms with E-state index in [0.29, 0.717) is 24.7 Å². The first kappa shape index (κ1) is 12.2. The third-order valence-corrected chi connectivity index (χ3v) is 3.95. The summed E-state index contributed by atoms with van der Waals surface area (Å²) in [6, 6.07) is 0. The van der Waals surface area contributed by atoms with Gasteiger partial charge in [0.15, 0.2) is 11.6 Å². The largest absolute Gasteiger partial charge is 0.294 e. The van der Waals surface area contributed by atoms with Crippen LogP contribution in [-0.4, -0.2) is 11.6 Å². The van der Waals surface area contributed by atoms with E-state index in [4.69, 9.17) is 0 Å². The van der Waals surface area contributed by atoms with E-state index >= 15 is 0 Å². The smallest absolute Gasteiger partial charge is 0.166 e. The molecule has 0 unspecified atom stereocenters. The van der Waals surface area contributed by atoms with Gasteiger partial charge >= 0.3 is 0 Å². The van der Waals surface area contributed by atoms with Crippen LogP contribution in [0, 0.1) is 17.3 Å². The van der Waals surface area contributed by atoms with Crippen molar-refractivity contribution >= 4 is 11.6 Å². The summed E-state index contributed by atoms with van der Waals surface area (Å²) in [5.41, 5.74) is 0.0435. The molecule has 0 amide bonds. The molecule has 2 nitrogen and oxygen atoms in total.